The molecule has 108 valence electrons. The molecule has 0 saturated carbocycles. The zero-order chi connectivity index (χ0) is 13.9. The highest BCUT2D eigenvalue weighted by Gasteiger charge is 2.40. The molecule has 0 aliphatic carbocycles. The molecule has 1 aromatic heterocycles. The van der Waals surface area contributed by atoms with Crippen LogP contribution in [0.3, 0.4) is 0 Å². The average Bonchev–Trinajstić information content (AvgIpc) is 2.94. The minimum Gasteiger partial charge on any atom is -0.339 e. The van der Waals surface area contributed by atoms with E-state index in [-0.39, 0.29) is 10.2 Å². The second kappa shape index (κ2) is 5.83. The zero-order valence-corrected chi connectivity index (χ0v) is 13.3. The molecular weight excluding hydrogens is 258 g/mol. The van der Waals surface area contributed by atoms with Crippen molar-refractivity contribution in [2.24, 2.45) is 0 Å². The first-order valence-corrected chi connectivity index (χ1v) is 8.11. The summed E-state index contributed by atoms with van der Waals surface area (Å²) in [6, 6.07) is 0. The average molecular weight is 283 g/mol. The summed E-state index contributed by atoms with van der Waals surface area (Å²) >= 11 is 1.85. The molecule has 1 fully saturated rings. The Hall–Kier alpha value is -0.550. The molecule has 0 amide bonds. The molecule has 0 bridgehead atoms. The van der Waals surface area contributed by atoms with Gasteiger partial charge in [-0.1, -0.05) is 39.3 Å². The monoisotopic (exact) mass is 283 g/mol. The fourth-order valence-corrected chi connectivity index (χ4v) is 3.21. The predicted molar refractivity (Wildman–Crippen MR) is 79.4 cm³/mol. The molecule has 1 N–H and O–H groups in total. The maximum Gasteiger partial charge on any atom is 0.234 e. The van der Waals surface area contributed by atoms with Crippen LogP contribution in [-0.4, -0.2) is 28.0 Å². The van der Waals surface area contributed by atoms with Gasteiger partial charge in [0.15, 0.2) is 5.82 Å². The van der Waals surface area contributed by atoms with Crippen molar-refractivity contribution in [2.45, 2.75) is 62.9 Å². The van der Waals surface area contributed by atoms with Crippen molar-refractivity contribution in [1.29, 1.82) is 0 Å². The van der Waals surface area contributed by atoms with Crippen LogP contribution < -0.4 is 5.32 Å². The number of hydrogen-bond acceptors (Lipinski definition) is 5. The van der Waals surface area contributed by atoms with Gasteiger partial charge in [-0.25, -0.2) is 0 Å². The SMILES string of the molecule is CCCC1(c2nc(CSC(C)(C)C)no2)CCNC1. The summed E-state index contributed by atoms with van der Waals surface area (Å²) in [5.41, 5.74) is 0.0758. The minimum absolute atomic E-state index is 0.0758. The fourth-order valence-electron chi connectivity index (χ4n) is 2.53. The lowest BCUT2D eigenvalue weighted by molar-refractivity contribution is 0.276. The van der Waals surface area contributed by atoms with E-state index in [1.165, 1.54) is 0 Å². The summed E-state index contributed by atoms with van der Waals surface area (Å²) in [6.07, 6.45) is 3.37. The lowest BCUT2D eigenvalue weighted by atomic mass is 9.82. The summed E-state index contributed by atoms with van der Waals surface area (Å²) in [5.74, 6) is 2.49. The number of aromatic nitrogens is 2. The second-order valence-electron chi connectivity index (χ2n) is 6.37. The molecule has 2 rings (SSSR count). The Morgan fingerprint density at radius 3 is 2.79 bits per heavy atom. The maximum atomic E-state index is 5.56. The van der Waals surface area contributed by atoms with Crippen molar-refractivity contribution in [2.75, 3.05) is 13.1 Å². The Bertz CT molecular complexity index is 405. The molecular formula is C14H25N3OS. The number of nitrogens with zero attached hydrogens (tertiary/aromatic N) is 2. The quantitative estimate of drug-likeness (QED) is 0.899. The Balaban J connectivity index is 2.06. The van der Waals surface area contributed by atoms with Gasteiger partial charge in [0.1, 0.15) is 0 Å². The summed E-state index contributed by atoms with van der Waals surface area (Å²) in [5, 5.41) is 7.59. The summed E-state index contributed by atoms with van der Waals surface area (Å²) in [6.45, 7) is 10.9. The number of thioether (sulfide) groups is 1. The molecule has 1 atom stereocenters. The van der Waals surface area contributed by atoms with Gasteiger partial charge in [0.25, 0.3) is 0 Å². The first-order chi connectivity index (χ1) is 8.95. The van der Waals surface area contributed by atoms with E-state index < -0.39 is 0 Å². The largest absolute Gasteiger partial charge is 0.339 e. The first kappa shape index (κ1) is 14.9. The highest BCUT2D eigenvalue weighted by molar-refractivity contribution is 7.99. The number of hydrogen-bond donors (Lipinski definition) is 1. The number of nitrogens with one attached hydrogen (secondary N) is 1. The lowest BCUT2D eigenvalue weighted by Gasteiger charge is -2.22. The summed E-state index contributed by atoms with van der Waals surface area (Å²) in [7, 11) is 0. The molecule has 19 heavy (non-hydrogen) atoms. The predicted octanol–water partition coefficient (Wildman–Crippen LogP) is 3.13. The molecule has 1 aliphatic rings. The Kier molecular flexibility index (Phi) is 4.56. The van der Waals surface area contributed by atoms with Gasteiger partial charge in [0.05, 0.1) is 11.2 Å². The van der Waals surface area contributed by atoms with Crippen molar-refractivity contribution in [3.63, 3.8) is 0 Å². The highest BCUT2D eigenvalue weighted by Crippen LogP contribution is 2.35. The van der Waals surface area contributed by atoms with Crippen LogP contribution in [-0.2, 0) is 11.2 Å². The van der Waals surface area contributed by atoms with Crippen LogP contribution >= 0.6 is 11.8 Å². The van der Waals surface area contributed by atoms with Crippen LogP contribution in [0, 0.1) is 0 Å². The molecule has 1 saturated heterocycles. The molecule has 1 aromatic rings. The van der Waals surface area contributed by atoms with E-state index in [1.54, 1.807) is 0 Å². The van der Waals surface area contributed by atoms with Gasteiger partial charge in [0.2, 0.25) is 5.89 Å². The third-order valence-corrected chi connectivity index (χ3v) is 4.80. The topological polar surface area (TPSA) is 51.0 Å². The minimum atomic E-state index is 0.0758. The van der Waals surface area contributed by atoms with Gasteiger partial charge in [-0.2, -0.15) is 4.98 Å². The van der Waals surface area contributed by atoms with E-state index in [4.69, 9.17) is 4.52 Å². The van der Waals surface area contributed by atoms with Crippen LogP contribution in [0.15, 0.2) is 4.52 Å². The van der Waals surface area contributed by atoms with Crippen LogP contribution in [0.4, 0.5) is 0 Å². The Morgan fingerprint density at radius 1 is 1.42 bits per heavy atom. The smallest absolute Gasteiger partial charge is 0.234 e. The third-order valence-electron chi connectivity index (χ3n) is 3.53. The van der Waals surface area contributed by atoms with Crippen molar-refractivity contribution in [1.82, 2.24) is 15.5 Å². The van der Waals surface area contributed by atoms with E-state index in [0.717, 1.165) is 49.8 Å². The third kappa shape index (κ3) is 3.72. The van der Waals surface area contributed by atoms with E-state index in [2.05, 4.69) is 43.2 Å². The van der Waals surface area contributed by atoms with Crippen LogP contribution in [0.5, 0.6) is 0 Å². The molecule has 1 unspecified atom stereocenters. The molecule has 5 heteroatoms. The van der Waals surface area contributed by atoms with Crippen LogP contribution in [0.2, 0.25) is 0 Å². The van der Waals surface area contributed by atoms with Gasteiger partial charge >= 0.3 is 0 Å². The fraction of sp³-hybridized carbons (Fsp3) is 0.857. The molecule has 0 aromatic carbocycles. The molecule has 4 nitrogen and oxygen atoms in total. The highest BCUT2D eigenvalue weighted by atomic mass is 32.2. The van der Waals surface area contributed by atoms with Crippen molar-refractivity contribution < 1.29 is 4.52 Å². The van der Waals surface area contributed by atoms with Gasteiger partial charge in [-0.05, 0) is 19.4 Å². The molecule has 2 heterocycles. The maximum absolute atomic E-state index is 5.56. The standard InChI is InChI=1S/C14H25N3OS/c1-5-6-14(7-8-15-10-14)12-16-11(17-18-12)9-19-13(2,3)4/h15H,5-10H2,1-4H3. The molecule has 0 radical (unpaired) electrons. The van der Waals surface area contributed by atoms with E-state index >= 15 is 0 Å². The van der Waals surface area contributed by atoms with Gasteiger partial charge in [-0.3, -0.25) is 0 Å². The second-order valence-corrected chi connectivity index (χ2v) is 8.18. The zero-order valence-electron chi connectivity index (χ0n) is 12.5. The Labute approximate surface area is 120 Å². The summed E-state index contributed by atoms with van der Waals surface area (Å²) in [4.78, 5) is 4.65. The van der Waals surface area contributed by atoms with Crippen LogP contribution in [0.25, 0.3) is 0 Å². The van der Waals surface area contributed by atoms with E-state index in [0.29, 0.717) is 0 Å². The van der Waals surface area contributed by atoms with E-state index in [9.17, 15) is 0 Å². The Morgan fingerprint density at radius 2 is 2.21 bits per heavy atom. The van der Waals surface area contributed by atoms with Crippen molar-refractivity contribution in [3.8, 4) is 0 Å². The van der Waals surface area contributed by atoms with Crippen molar-refractivity contribution >= 4 is 11.8 Å². The van der Waals surface area contributed by atoms with Gasteiger partial charge in [-0.15, -0.1) is 11.8 Å². The van der Waals surface area contributed by atoms with Crippen molar-refractivity contribution in [3.05, 3.63) is 11.7 Å². The lowest BCUT2D eigenvalue weighted by Crippen LogP contribution is -2.29. The first-order valence-electron chi connectivity index (χ1n) is 7.13. The van der Waals surface area contributed by atoms with Crippen LogP contribution in [0.1, 0.15) is 58.7 Å². The number of rotatable bonds is 5. The molecule has 1 aliphatic heterocycles. The van der Waals surface area contributed by atoms with E-state index in [1.807, 2.05) is 11.8 Å². The normalized spacial score (nSPS) is 24.0. The summed E-state index contributed by atoms with van der Waals surface area (Å²) < 4.78 is 5.79. The van der Waals surface area contributed by atoms with Gasteiger partial charge in [0, 0.05) is 11.3 Å². The molecule has 0 spiro atoms. The van der Waals surface area contributed by atoms with Gasteiger partial charge < -0.3 is 9.84 Å².